The van der Waals surface area contributed by atoms with Crippen molar-refractivity contribution in [2.45, 2.75) is 95.2 Å². The lowest BCUT2D eigenvalue weighted by molar-refractivity contribution is 0.388. The lowest BCUT2D eigenvalue weighted by Gasteiger charge is -2.29. The van der Waals surface area contributed by atoms with E-state index in [4.69, 9.17) is 4.99 Å². The lowest BCUT2D eigenvalue weighted by atomic mass is 9.95. The molecule has 0 atom stereocenters. The normalized spacial score (nSPS) is 25.9. The Kier molecular flexibility index (Phi) is 4.62. The summed E-state index contributed by atoms with van der Waals surface area (Å²) in [5, 5.41) is 7.43. The summed E-state index contributed by atoms with van der Waals surface area (Å²) < 4.78 is 0. The van der Waals surface area contributed by atoms with Gasteiger partial charge in [-0.15, -0.1) is 0 Å². The molecular weight excluding hydrogens is 234 g/mol. The molecule has 19 heavy (non-hydrogen) atoms. The Balaban J connectivity index is 1.53. The van der Waals surface area contributed by atoms with Gasteiger partial charge in [0.2, 0.25) is 0 Å². The summed E-state index contributed by atoms with van der Waals surface area (Å²) in [5.41, 5.74) is 0. The molecule has 0 radical (unpaired) electrons. The second kappa shape index (κ2) is 6.62. The summed E-state index contributed by atoms with van der Waals surface area (Å²) in [7, 11) is 0. The van der Waals surface area contributed by atoms with Gasteiger partial charge in [0.25, 0.3) is 0 Å². The van der Waals surface area contributed by atoms with E-state index in [9.17, 15) is 0 Å². The fraction of sp³-hybridized carbons (Fsp3) is 0.938. The summed E-state index contributed by atoms with van der Waals surface area (Å²) in [4.78, 5) is 4.87. The Labute approximate surface area is 117 Å². The molecule has 0 spiro atoms. The van der Waals surface area contributed by atoms with E-state index in [2.05, 4.69) is 10.6 Å². The topological polar surface area (TPSA) is 36.4 Å². The molecule has 108 valence electrons. The summed E-state index contributed by atoms with van der Waals surface area (Å²) >= 11 is 0. The molecule has 0 saturated heterocycles. The number of hydrogen-bond donors (Lipinski definition) is 2. The van der Waals surface area contributed by atoms with Gasteiger partial charge in [0.15, 0.2) is 5.96 Å². The van der Waals surface area contributed by atoms with E-state index in [1.54, 1.807) is 0 Å². The molecule has 3 fully saturated rings. The molecule has 3 aliphatic rings. The zero-order valence-corrected chi connectivity index (χ0v) is 12.2. The molecule has 0 heterocycles. The van der Waals surface area contributed by atoms with Crippen molar-refractivity contribution in [3.05, 3.63) is 0 Å². The minimum Gasteiger partial charge on any atom is -0.354 e. The highest BCUT2D eigenvalue weighted by atomic mass is 15.2. The van der Waals surface area contributed by atoms with Crippen LogP contribution in [0.1, 0.15) is 77.0 Å². The van der Waals surface area contributed by atoms with Crippen molar-refractivity contribution in [3.63, 3.8) is 0 Å². The second-order valence-corrected chi connectivity index (χ2v) is 6.67. The zero-order valence-electron chi connectivity index (χ0n) is 12.2. The minimum absolute atomic E-state index is 0.613. The summed E-state index contributed by atoms with van der Waals surface area (Å²) in [5.74, 6) is 1.13. The van der Waals surface area contributed by atoms with Crippen LogP contribution in [0, 0.1) is 0 Å². The van der Waals surface area contributed by atoms with Crippen molar-refractivity contribution < 1.29 is 0 Å². The monoisotopic (exact) mass is 263 g/mol. The molecule has 2 N–H and O–H groups in total. The van der Waals surface area contributed by atoms with E-state index >= 15 is 0 Å². The molecule has 3 saturated carbocycles. The SMILES string of the molecule is C1CCC(NC(=NC2CC2)NC2CCCCC2)CC1. The average Bonchev–Trinajstić information content (AvgIpc) is 3.25. The lowest BCUT2D eigenvalue weighted by Crippen LogP contribution is -2.48. The predicted octanol–water partition coefficient (Wildman–Crippen LogP) is 3.35. The van der Waals surface area contributed by atoms with Crippen LogP contribution >= 0.6 is 0 Å². The Morgan fingerprint density at radius 3 is 1.53 bits per heavy atom. The van der Waals surface area contributed by atoms with Crippen molar-refractivity contribution in [1.82, 2.24) is 10.6 Å². The smallest absolute Gasteiger partial charge is 0.191 e. The molecule has 0 aromatic carbocycles. The summed E-state index contributed by atoms with van der Waals surface area (Å²) in [6, 6.07) is 1.95. The largest absolute Gasteiger partial charge is 0.354 e. The molecule has 0 aliphatic heterocycles. The fourth-order valence-corrected chi connectivity index (χ4v) is 3.38. The van der Waals surface area contributed by atoms with Gasteiger partial charge >= 0.3 is 0 Å². The van der Waals surface area contributed by atoms with Gasteiger partial charge in [-0.1, -0.05) is 38.5 Å². The van der Waals surface area contributed by atoms with Crippen LogP contribution in [0.2, 0.25) is 0 Å². The number of hydrogen-bond acceptors (Lipinski definition) is 1. The van der Waals surface area contributed by atoms with Crippen LogP contribution in [0.3, 0.4) is 0 Å². The van der Waals surface area contributed by atoms with Crippen molar-refractivity contribution in [3.8, 4) is 0 Å². The van der Waals surface area contributed by atoms with E-state index in [1.165, 1.54) is 77.0 Å². The molecular formula is C16H29N3. The first kappa shape index (κ1) is 13.3. The number of nitrogens with zero attached hydrogens (tertiary/aromatic N) is 1. The van der Waals surface area contributed by atoms with Crippen molar-refractivity contribution in [2.24, 2.45) is 4.99 Å². The summed E-state index contributed by atoms with van der Waals surface area (Å²) in [6.07, 6.45) is 16.3. The molecule has 0 aromatic rings. The Morgan fingerprint density at radius 2 is 1.11 bits per heavy atom. The maximum atomic E-state index is 4.87. The van der Waals surface area contributed by atoms with Gasteiger partial charge in [-0.2, -0.15) is 0 Å². The van der Waals surface area contributed by atoms with Crippen LogP contribution in [0.25, 0.3) is 0 Å². The predicted molar refractivity (Wildman–Crippen MR) is 80.5 cm³/mol. The van der Waals surface area contributed by atoms with Gasteiger partial charge in [0.05, 0.1) is 6.04 Å². The van der Waals surface area contributed by atoms with Gasteiger partial charge < -0.3 is 10.6 Å². The van der Waals surface area contributed by atoms with Gasteiger partial charge in [-0.05, 0) is 38.5 Å². The molecule has 3 aliphatic carbocycles. The molecule has 0 aromatic heterocycles. The van der Waals surface area contributed by atoms with Crippen LogP contribution in [0.15, 0.2) is 4.99 Å². The molecule has 3 nitrogen and oxygen atoms in total. The van der Waals surface area contributed by atoms with Gasteiger partial charge in [0.1, 0.15) is 0 Å². The summed E-state index contributed by atoms with van der Waals surface area (Å²) in [6.45, 7) is 0. The third kappa shape index (κ3) is 4.39. The Morgan fingerprint density at radius 1 is 0.632 bits per heavy atom. The third-order valence-corrected chi connectivity index (χ3v) is 4.75. The van der Waals surface area contributed by atoms with Crippen LogP contribution in [-0.4, -0.2) is 24.1 Å². The molecule has 0 unspecified atom stereocenters. The maximum absolute atomic E-state index is 4.87. The molecule has 3 heteroatoms. The van der Waals surface area contributed by atoms with E-state index in [0.717, 1.165) is 5.96 Å². The van der Waals surface area contributed by atoms with Crippen molar-refractivity contribution in [2.75, 3.05) is 0 Å². The Hall–Kier alpha value is -0.730. The van der Waals surface area contributed by atoms with Crippen LogP contribution in [-0.2, 0) is 0 Å². The molecule has 3 rings (SSSR count). The van der Waals surface area contributed by atoms with Crippen molar-refractivity contribution in [1.29, 1.82) is 0 Å². The number of guanidine groups is 1. The first-order valence-corrected chi connectivity index (χ1v) is 8.51. The average molecular weight is 263 g/mol. The highest BCUT2D eigenvalue weighted by molar-refractivity contribution is 5.80. The van der Waals surface area contributed by atoms with Crippen LogP contribution < -0.4 is 10.6 Å². The fourth-order valence-electron chi connectivity index (χ4n) is 3.38. The standard InChI is InChI=1S/C16H29N3/c1-3-7-13(8-4-1)17-16(19-15-11-12-15)18-14-9-5-2-6-10-14/h13-15H,1-12H2,(H2,17,18,19). The van der Waals surface area contributed by atoms with Crippen molar-refractivity contribution >= 4 is 5.96 Å². The van der Waals surface area contributed by atoms with E-state index in [0.29, 0.717) is 18.1 Å². The first-order valence-electron chi connectivity index (χ1n) is 8.51. The van der Waals surface area contributed by atoms with E-state index in [1.807, 2.05) is 0 Å². The third-order valence-electron chi connectivity index (χ3n) is 4.75. The first-order chi connectivity index (χ1) is 9.40. The van der Waals surface area contributed by atoms with Gasteiger partial charge in [0, 0.05) is 12.1 Å². The number of nitrogens with one attached hydrogen (secondary N) is 2. The zero-order chi connectivity index (χ0) is 12.9. The highest BCUT2D eigenvalue weighted by Gasteiger charge is 2.24. The molecule has 0 amide bonds. The van der Waals surface area contributed by atoms with Gasteiger partial charge in [-0.3, -0.25) is 0 Å². The van der Waals surface area contributed by atoms with Crippen LogP contribution in [0.5, 0.6) is 0 Å². The number of aliphatic imine (C=N–C) groups is 1. The second-order valence-electron chi connectivity index (χ2n) is 6.67. The van der Waals surface area contributed by atoms with E-state index in [-0.39, 0.29) is 0 Å². The quantitative estimate of drug-likeness (QED) is 0.605. The molecule has 0 bridgehead atoms. The maximum Gasteiger partial charge on any atom is 0.191 e. The van der Waals surface area contributed by atoms with E-state index < -0.39 is 0 Å². The Bertz CT molecular complexity index is 275. The van der Waals surface area contributed by atoms with Gasteiger partial charge in [-0.25, -0.2) is 4.99 Å². The minimum atomic E-state index is 0.613. The number of rotatable bonds is 3. The van der Waals surface area contributed by atoms with Crippen LogP contribution in [0.4, 0.5) is 0 Å². The highest BCUT2D eigenvalue weighted by Crippen LogP contribution is 2.24.